The van der Waals surface area contributed by atoms with Crippen molar-refractivity contribution in [2.24, 2.45) is 0 Å². The fraction of sp³-hybridized carbons (Fsp3) is 0.200. The predicted molar refractivity (Wildman–Crippen MR) is 71.3 cm³/mol. The molecule has 0 saturated carbocycles. The third-order valence-corrected chi connectivity index (χ3v) is 2.91. The molecule has 1 nitrogen and oxygen atoms in total. The lowest BCUT2D eigenvalue weighted by atomic mass is 10.0. The Morgan fingerprint density at radius 3 is 2.24 bits per heavy atom. The zero-order chi connectivity index (χ0) is 12.1. The Kier molecular flexibility index (Phi) is 4.18. The topological polar surface area (TPSA) is 20.2 Å². The molecule has 17 heavy (non-hydrogen) atoms. The van der Waals surface area contributed by atoms with E-state index in [0.717, 1.165) is 16.1 Å². The fourth-order valence-electron chi connectivity index (χ4n) is 1.89. The van der Waals surface area contributed by atoms with Gasteiger partial charge in [0.2, 0.25) is 0 Å². The monoisotopic (exact) mass is 246 g/mol. The molecule has 2 rings (SSSR count). The van der Waals surface area contributed by atoms with Crippen LogP contribution in [-0.2, 0) is 12.8 Å². The molecule has 0 radical (unpaired) electrons. The first kappa shape index (κ1) is 12.2. The largest absolute Gasteiger partial charge is 0.392 e. The SMILES string of the molecule is OC(Cc1ccccc1)Cc1cccc(Cl)c1. The average Bonchev–Trinajstić information content (AvgIpc) is 2.30. The first-order valence-electron chi connectivity index (χ1n) is 5.70. The lowest BCUT2D eigenvalue weighted by molar-refractivity contribution is 0.175. The van der Waals surface area contributed by atoms with Gasteiger partial charge in [0.15, 0.2) is 0 Å². The number of aliphatic hydroxyl groups excluding tert-OH is 1. The van der Waals surface area contributed by atoms with Crippen LogP contribution in [0.3, 0.4) is 0 Å². The molecule has 2 aromatic rings. The normalized spacial score (nSPS) is 12.4. The predicted octanol–water partition coefficient (Wildman–Crippen LogP) is 3.49. The van der Waals surface area contributed by atoms with Gasteiger partial charge in [-0.15, -0.1) is 0 Å². The lowest BCUT2D eigenvalue weighted by Crippen LogP contribution is -2.13. The van der Waals surface area contributed by atoms with Crippen molar-refractivity contribution in [3.63, 3.8) is 0 Å². The highest BCUT2D eigenvalue weighted by Crippen LogP contribution is 2.14. The van der Waals surface area contributed by atoms with Gasteiger partial charge in [-0.05, 0) is 36.1 Å². The van der Waals surface area contributed by atoms with Crippen LogP contribution < -0.4 is 0 Å². The summed E-state index contributed by atoms with van der Waals surface area (Å²) in [6.07, 6.45) is 0.943. The third kappa shape index (κ3) is 3.88. The summed E-state index contributed by atoms with van der Waals surface area (Å²) in [4.78, 5) is 0. The zero-order valence-corrected chi connectivity index (χ0v) is 10.3. The van der Waals surface area contributed by atoms with E-state index in [1.54, 1.807) is 0 Å². The third-order valence-electron chi connectivity index (χ3n) is 2.67. The minimum Gasteiger partial charge on any atom is -0.392 e. The maximum Gasteiger partial charge on any atom is 0.0620 e. The molecule has 1 N–H and O–H groups in total. The second-order valence-electron chi connectivity index (χ2n) is 4.18. The molecule has 0 aliphatic heterocycles. The molecule has 0 spiro atoms. The van der Waals surface area contributed by atoms with Crippen LogP contribution in [0.4, 0.5) is 0 Å². The molecule has 0 aliphatic rings. The van der Waals surface area contributed by atoms with E-state index >= 15 is 0 Å². The van der Waals surface area contributed by atoms with Gasteiger partial charge in [-0.25, -0.2) is 0 Å². The number of hydrogen-bond donors (Lipinski definition) is 1. The molecular formula is C15H15ClO. The summed E-state index contributed by atoms with van der Waals surface area (Å²) < 4.78 is 0. The van der Waals surface area contributed by atoms with E-state index in [-0.39, 0.29) is 6.10 Å². The van der Waals surface area contributed by atoms with Crippen LogP contribution in [-0.4, -0.2) is 11.2 Å². The van der Waals surface area contributed by atoms with Gasteiger partial charge in [0, 0.05) is 5.02 Å². The molecule has 2 aromatic carbocycles. The van der Waals surface area contributed by atoms with Gasteiger partial charge >= 0.3 is 0 Å². The van der Waals surface area contributed by atoms with Crippen molar-refractivity contribution in [3.05, 3.63) is 70.7 Å². The van der Waals surface area contributed by atoms with E-state index in [1.165, 1.54) is 0 Å². The summed E-state index contributed by atoms with van der Waals surface area (Å²) >= 11 is 5.91. The van der Waals surface area contributed by atoms with E-state index in [2.05, 4.69) is 0 Å². The van der Waals surface area contributed by atoms with Crippen molar-refractivity contribution in [2.75, 3.05) is 0 Å². The molecule has 2 heteroatoms. The second kappa shape index (κ2) is 5.85. The van der Waals surface area contributed by atoms with Crippen molar-refractivity contribution < 1.29 is 5.11 Å². The Morgan fingerprint density at radius 2 is 1.53 bits per heavy atom. The van der Waals surface area contributed by atoms with Crippen LogP contribution in [0, 0.1) is 0 Å². The fourth-order valence-corrected chi connectivity index (χ4v) is 2.11. The summed E-state index contributed by atoms with van der Waals surface area (Å²) in [6, 6.07) is 17.6. The number of aliphatic hydroxyl groups is 1. The van der Waals surface area contributed by atoms with Crippen LogP contribution >= 0.6 is 11.6 Å². The standard InChI is InChI=1S/C15H15ClO/c16-14-8-4-7-13(9-14)11-15(17)10-12-5-2-1-3-6-12/h1-9,15,17H,10-11H2. The Labute approximate surface area is 107 Å². The molecule has 0 fully saturated rings. The number of hydrogen-bond acceptors (Lipinski definition) is 1. The van der Waals surface area contributed by atoms with Gasteiger partial charge in [0.1, 0.15) is 0 Å². The van der Waals surface area contributed by atoms with Gasteiger partial charge in [-0.1, -0.05) is 54.1 Å². The smallest absolute Gasteiger partial charge is 0.0620 e. The van der Waals surface area contributed by atoms with Gasteiger partial charge in [-0.2, -0.15) is 0 Å². The van der Waals surface area contributed by atoms with Crippen molar-refractivity contribution >= 4 is 11.6 Å². The summed E-state index contributed by atoms with van der Waals surface area (Å²) in [5.74, 6) is 0. The Morgan fingerprint density at radius 1 is 0.882 bits per heavy atom. The molecule has 0 aromatic heterocycles. The van der Waals surface area contributed by atoms with Gasteiger partial charge in [-0.3, -0.25) is 0 Å². The van der Waals surface area contributed by atoms with Crippen molar-refractivity contribution in [2.45, 2.75) is 18.9 Å². The Balaban J connectivity index is 1.96. The van der Waals surface area contributed by atoms with Gasteiger partial charge in [0.05, 0.1) is 6.10 Å². The van der Waals surface area contributed by atoms with E-state index in [0.29, 0.717) is 12.8 Å². The summed E-state index contributed by atoms with van der Waals surface area (Å²) in [6.45, 7) is 0. The molecule has 1 atom stereocenters. The van der Waals surface area contributed by atoms with Gasteiger partial charge < -0.3 is 5.11 Å². The van der Waals surface area contributed by atoms with E-state index in [4.69, 9.17) is 11.6 Å². The van der Waals surface area contributed by atoms with Crippen LogP contribution in [0.15, 0.2) is 54.6 Å². The highest BCUT2D eigenvalue weighted by atomic mass is 35.5. The summed E-state index contributed by atoms with van der Waals surface area (Å²) in [5, 5.41) is 10.7. The van der Waals surface area contributed by atoms with E-state index in [9.17, 15) is 5.11 Å². The van der Waals surface area contributed by atoms with Crippen molar-refractivity contribution in [1.29, 1.82) is 0 Å². The lowest BCUT2D eigenvalue weighted by Gasteiger charge is -2.10. The van der Waals surface area contributed by atoms with Crippen LogP contribution in [0.1, 0.15) is 11.1 Å². The first-order valence-corrected chi connectivity index (χ1v) is 6.08. The highest BCUT2D eigenvalue weighted by Gasteiger charge is 2.06. The zero-order valence-electron chi connectivity index (χ0n) is 9.51. The molecule has 0 amide bonds. The minimum atomic E-state index is -0.365. The number of benzene rings is 2. The highest BCUT2D eigenvalue weighted by molar-refractivity contribution is 6.30. The summed E-state index contributed by atoms with van der Waals surface area (Å²) in [7, 11) is 0. The van der Waals surface area contributed by atoms with E-state index < -0.39 is 0 Å². The average molecular weight is 247 g/mol. The van der Waals surface area contributed by atoms with E-state index in [1.807, 2.05) is 54.6 Å². The van der Waals surface area contributed by atoms with Gasteiger partial charge in [0.25, 0.3) is 0 Å². The van der Waals surface area contributed by atoms with Crippen LogP contribution in [0.2, 0.25) is 5.02 Å². The molecule has 0 saturated heterocycles. The maximum atomic E-state index is 10.0. The quantitative estimate of drug-likeness (QED) is 0.876. The molecule has 1 unspecified atom stereocenters. The second-order valence-corrected chi connectivity index (χ2v) is 4.61. The Hall–Kier alpha value is -1.31. The van der Waals surface area contributed by atoms with Crippen molar-refractivity contribution in [3.8, 4) is 0 Å². The first-order chi connectivity index (χ1) is 8.24. The molecular weight excluding hydrogens is 232 g/mol. The number of rotatable bonds is 4. The summed E-state index contributed by atoms with van der Waals surface area (Å²) in [5.41, 5.74) is 2.22. The van der Waals surface area contributed by atoms with Crippen LogP contribution in [0.5, 0.6) is 0 Å². The molecule has 88 valence electrons. The minimum absolute atomic E-state index is 0.365. The Bertz CT molecular complexity index is 467. The van der Waals surface area contributed by atoms with Crippen molar-refractivity contribution in [1.82, 2.24) is 0 Å². The maximum absolute atomic E-state index is 10.0. The van der Waals surface area contributed by atoms with Crippen LogP contribution in [0.25, 0.3) is 0 Å². The number of halogens is 1. The molecule has 0 aliphatic carbocycles. The molecule has 0 bridgehead atoms. The molecule has 0 heterocycles.